The Morgan fingerprint density at radius 3 is 2.89 bits per heavy atom. The van der Waals surface area contributed by atoms with Crippen LogP contribution in [0.5, 0.6) is 0 Å². The van der Waals surface area contributed by atoms with E-state index >= 15 is 0 Å². The summed E-state index contributed by atoms with van der Waals surface area (Å²) in [5.74, 6) is 0.811. The Morgan fingerprint density at radius 2 is 2.16 bits per heavy atom. The highest BCUT2D eigenvalue weighted by Crippen LogP contribution is 2.30. The van der Waals surface area contributed by atoms with Crippen molar-refractivity contribution in [1.82, 2.24) is 4.90 Å². The minimum atomic E-state index is 0.811. The van der Waals surface area contributed by atoms with Crippen molar-refractivity contribution in [3.8, 4) is 0 Å². The van der Waals surface area contributed by atoms with Gasteiger partial charge in [0.05, 0.1) is 0 Å². The molecule has 1 saturated carbocycles. The number of nitrogens with one attached hydrogen (secondary N) is 1. The number of hydrogen-bond donors (Lipinski definition) is 1. The highest BCUT2D eigenvalue weighted by atomic mass is 15.2. The summed E-state index contributed by atoms with van der Waals surface area (Å²) in [6, 6.07) is 7.86. The topological polar surface area (TPSA) is 15.3 Å². The van der Waals surface area contributed by atoms with Crippen molar-refractivity contribution in [3.63, 3.8) is 0 Å². The summed E-state index contributed by atoms with van der Waals surface area (Å²) in [7, 11) is 0. The average molecular weight is 258 g/mol. The summed E-state index contributed by atoms with van der Waals surface area (Å²) in [5, 5.41) is 3.44. The fourth-order valence-electron chi connectivity index (χ4n) is 2.95. The molecule has 1 N–H and O–H groups in total. The Balaban J connectivity index is 1.64. The van der Waals surface area contributed by atoms with Gasteiger partial charge in [-0.25, -0.2) is 0 Å². The number of anilines is 1. The summed E-state index contributed by atoms with van der Waals surface area (Å²) < 4.78 is 0. The van der Waals surface area contributed by atoms with Gasteiger partial charge in [-0.05, 0) is 55.3 Å². The predicted octanol–water partition coefficient (Wildman–Crippen LogP) is 3.67. The summed E-state index contributed by atoms with van der Waals surface area (Å²) in [5.41, 5.74) is 4.36. The zero-order valence-electron chi connectivity index (χ0n) is 12.3. The molecule has 1 aromatic carbocycles. The number of benzene rings is 1. The Labute approximate surface area is 117 Å². The SMILES string of the molecule is CC(C)CCN(Cc1ccc2c(c1)CCN2)C1CC1. The first-order chi connectivity index (χ1) is 9.22. The number of nitrogens with zero attached hydrogens (tertiary/aromatic N) is 1. The van der Waals surface area contributed by atoms with Crippen LogP contribution in [-0.2, 0) is 13.0 Å². The van der Waals surface area contributed by atoms with Crippen LogP contribution in [0.25, 0.3) is 0 Å². The van der Waals surface area contributed by atoms with Crippen molar-refractivity contribution < 1.29 is 0 Å². The van der Waals surface area contributed by atoms with Gasteiger partial charge in [0.25, 0.3) is 0 Å². The average Bonchev–Trinajstić information content (AvgIpc) is 3.12. The smallest absolute Gasteiger partial charge is 0.0373 e. The van der Waals surface area contributed by atoms with E-state index in [4.69, 9.17) is 0 Å². The van der Waals surface area contributed by atoms with Crippen LogP contribution in [0.15, 0.2) is 18.2 Å². The van der Waals surface area contributed by atoms with E-state index in [1.807, 2.05) is 0 Å². The second-order valence-electron chi connectivity index (χ2n) is 6.55. The highest BCUT2D eigenvalue weighted by molar-refractivity contribution is 5.56. The van der Waals surface area contributed by atoms with Crippen molar-refractivity contribution in [3.05, 3.63) is 29.3 Å². The van der Waals surface area contributed by atoms with Gasteiger partial charge >= 0.3 is 0 Å². The normalized spacial score (nSPS) is 17.9. The number of fused-ring (bicyclic) bond motifs is 1. The van der Waals surface area contributed by atoms with Crippen molar-refractivity contribution in [2.75, 3.05) is 18.4 Å². The molecule has 1 fully saturated rings. The fraction of sp³-hybridized carbons (Fsp3) is 0.647. The van der Waals surface area contributed by atoms with Crippen LogP contribution in [0, 0.1) is 5.92 Å². The standard InChI is InChI=1S/C17H26N2/c1-13(2)8-10-19(16-4-5-16)12-14-3-6-17-15(11-14)7-9-18-17/h3,6,11,13,16,18H,4-5,7-10,12H2,1-2H3. The third kappa shape index (κ3) is 3.30. The van der Waals surface area contributed by atoms with Gasteiger partial charge in [0.2, 0.25) is 0 Å². The number of rotatable bonds is 6. The van der Waals surface area contributed by atoms with Crippen molar-refractivity contribution in [1.29, 1.82) is 0 Å². The summed E-state index contributed by atoms with van der Waals surface area (Å²) in [4.78, 5) is 2.70. The molecule has 1 heterocycles. The summed E-state index contributed by atoms with van der Waals surface area (Å²) >= 11 is 0. The van der Waals surface area contributed by atoms with Gasteiger partial charge < -0.3 is 5.32 Å². The van der Waals surface area contributed by atoms with Crippen molar-refractivity contribution in [2.24, 2.45) is 5.92 Å². The molecule has 1 aliphatic heterocycles. The molecular formula is C17H26N2. The van der Waals surface area contributed by atoms with Gasteiger partial charge in [0.1, 0.15) is 0 Å². The first-order valence-electron chi connectivity index (χ1n) is 7.82. The lowest BCUT2D eigenvalue weighted by atomic mass is 10.1. The zero-order chi connectivity index (χ0) is 13.2. The van der Waals surface area contributed by atoms with Crippen molar-refractivity contribution >= 4 is 5.69 Å². The maximum absolute atomic E-state index is 3.44. The first kappa shape index (κ1) is 13.0. The molecule has 1 aliphatic carbocycles. The molecule has 0 saturated heterocycles. The minimum absolute atomic E-state index is 0.811. The lowest BCUT2D eigenvalue weighted by molar-refractivity contribution is 0.239. The van der Waals surface area contributed by atoms with Crippen LogP contribution in [0.2, 0.25) is 0 Å². The minimum Gasteiger partial charge on any atom is -0.384 e. The van der Waals surface area contributed by atoms with Gasteiger partial charge in [0, 0.05) is 24.8 Å². The molecule has 0 spiro atoms. The van der Waals surface area contributed by atoms with Crippen molar-refractivity contribution in [2.45, 2.75) is 52.1 Å². The molecule has 0 aromatic heterocycles. The molecule has 0 radical (unpaired) electrons. The van der Waals surface area contributed by atoms with Crippen LogP contribution in [-0.4, -0.2) is 24.0 Å². The third-order valence-electron chi connectivity index (χ3n) is 4.32. The molecule has 0 amide bonds. The Bertz CT molecular complexity index is 435. The summed E-state index contributed by atoms with van der Waals surface area (Å²) in [6.45, 7) is 8.17. The molecule has 0 atom stereocenters. The van der Waals surface area contributed by atoms with E-state index in [2.05, 4.69) is 42.3 Å². The second-order valence-corrected chi connectivity index (χ2v) is 6.55. The molecule has 2 heteroatoms. The lowest BCUT2D eigenvalue weighted by Crippen LogP contribution is -2.27. The van der Waals surface area contributed by atoms with Crippen LogP contribution in [0.4, 0.5) is 5.69 Å². The van der Waals surface area contributed by atoms with E-state index in [0.717, 1.165) is 25.0 Å². The van der Waals surface area contributed by atoms with E-state index in [1.54, 1.807) is 0 Å². The van der Waals surface area contributed by atoms with Crippen LogP contribution in [0.1, 0.15) is 44.2 Å². The third-order valence-corrected chi connectivity index (χ3v) is 4.32. The lowest BCUT2D eigenvalue weighted by Gasteiger charge is -2.23. The van der Waals surface area contributed by atoms with Gasteiger partial charge in [-0.2, -0.15) is 0 Å². The first-order valence-corrected chi connectivity index (χ1v) is 7.82. The van der Waals surface area contributed by atoms with Gasteiger partial charge in [-0.3, -0.25) is 4.90 Å². The molecule has 2 nitrogen and oxygen atoms in total. The van der Waals surface area contributed by atoms with Crippen LogP contribution < -0.4 is 5.32 Å². The molecule has 104 valence electrons. The van der Waals surface area contributed by atoms with E-state index in [1.165, 1.54) is 49.0 Å². The monoisotopic (exact) mass is 258 g/mol. The molecular weight excluding hydrogens is 232 g/mol. The number of hydrogen-bond acceptors (Lipinski definition) is 2. The Morgan fingerprint density at radius 1 is 1.32 bits per heavy atom. The maximum atomic E-state index is 3.44. The molecule has 1 aromatic rings. The molecule has 0 bridgehead atoms. The summed E-state index contributed by atoms with van der Waals surface area (Å²) in [6.07, 6.45) is 5.33. The van der Waals surface area contributed by atoms with E-state index in [0.29, 0.717) is 0 Å². The quantitative estimate of drug-likeness (QED) is 0.837. The molecule has 0 unspecified atom stereocenters. The molecule has 2 aliphatic rings. The molecule has 19 heavy (non-hydrogen) atoms. The van der Waals surface area contributed by atoms with E-state index < -0.39 is 0 Å². The maximum Gasteiger partial charge on any atom is 0.0373 e. The van der Waals surface area contributed by atoms with Gasteiger partial charge in [-0.15, -0.1) is 0 Å². The Hall–Kier alpha value is -1.02. The van der Waals surface area contributed by atoms with E-state index in [9.17, 15) is 0 Å². The molecule has 3 rings (SSSR count). The Kier molecular flexibility index (Phi) is 3.79. The van der Waals surface area contributed by atoms with Crippen LogP contribution in [0.3, 0.4) is 0 Å². The fourth-order valence-corrected chi connectivity index (χ4v) is 2.95. The largest absolute Gasteiger partial charge is 0.384 e. The van der Waals surface area contributed by atoms with E-state index in [-0.39, 0.29) is 0 Å². The zero-order valence-corrected chi connectivity index (χ0v) is 12.3. The second kappa shape index (κ2) is 5.54. The van der Waals surface area contributed by atoms with Crippen LogP contribution >= 0.6 is 0 Å². The predicted molar refractivity (Wildman–Crippen MR) is 81.5 cm³/mol. The highest BCUT2D eigenvalue weighted by Gasteiger charge is 2.28. The van der Waals surface area contributed by atoms with Gasteiger partial charge in [-0.1, -0.05) is 26.0 Å². The van der Waals surface area contributed by atoms with Gasteiger partial charge in [0.15, 0.2) is 0 Å².